The molecule has 1 aromatic heterocycles. The molecule has 0 bridgehead atoms. The third-order valence-electron chi connectivity index (χ3n) is 2.10. The summed E-state index contributed by atoms with van der Waals surface area (Å²) in [6.45, 7) is 0. The molecule has 0 fully saturated rings. The zero-order chi connectivity index (χ0) is 10.7. The number of carbonyl (C=O) groups is 1. The van der Waals surface area contributed by atoms with Crippen LogP contribution < -0.4 is 0 Å². The molecule has 0 unspecified atom stereocenters. The van der Waals surface area contributed by atoms with Gasteiger partial charge in [-0.15, -0.1) is 0 Å². The molecule has 3 heteroatoms. The molecule has 1 heterocycles. The molecule has 0 atom stereocenters. The lowest BCUT2D eigenvalue weighted by atomic mass is 10.1. The van der Waals surface area contributed by atoms with Crippen LogP contribution in [-0.2, 0) is 4.79 Å². The van der Waals surface area contributed by atoms with Gasteiger partial charge in [-0.2, -0.15) is 0 Å². The number of carboxylic acid groups (broad SMARTS) is 1. The van der Waals surface area contributed by atoms with E-state index >= 15 is 0 Å². The summed E-state index contributed by atoms with van der Waals surface area (Å²) in [4.78, 5) is 10.3. The first-order valence-corrected chi connectivity index (χ1v) is 4.62. The molecule has 2 rings (SSSR count). The van der Waals surface area contributed by atoms with Crippen molar-refractivity contribution >= 4 is 23.0 Å². The lowest BCUT2D eigenvalue weighted by molar-refractivity contribution is -0.135. The normalized spacial score (nSPS) is 11.2. The molecule has 0 aliphatic carbocycles. The minimum absolute atomic E-state index is 0.0273. The van der Waals surface area contributed by atoms with Gasteiger partial charge in [-0.05, 0) is 6.07 Å². The summed E-state index contributed by atoms with van der Waals surface area (Å²) in [6.07, 6.45) is 5.03. The van der Waals surface area contributed by atoms with Crippen LogP contribution in [0.2, 0.25) is 0 Å². The van der Waals surface area contributed by atoms with E-state index in [1.165, 1.54) is 0 Å². The SMILES string of the molecule is O=C(O)CC=Cc1coc2ccccc12. The van der Waals surface area contributed by atoms with Crippen molar-refractivity contribution in [2.24, 2.45) is 0 Å². The van der Waals surface area contributed by atoms with E-state index < -0.39 is 5.97 Å². The highest BCUT2D eigenvalue weighted by Crippen LogP contribution is 2.21. The number of rotatable bonds is 3. The van der Waals surface area contributed by atoms with E-state index in [2.05, 4.69) is 0 Å². The first-order chi connectivity index (χ1) is 7.27. The van der Waals surface area contributed by atoms with Gasteiger partial charge in [0.05, 0.1) is 12.7 Å². The molecule has 0 saturated heterocycles. The number of carboxylic acids is 1. The van der Waals surface area contributed by atoms with Crippen molar-refractivity contribution in [3.05, 3.63) is 42.2 Å². The molecule has 76 valence electrons. The van der Waals surface area contributed by atoms with Crippen LogP contribution in [0.1, 0.15) is 12.0 Å². The first-order valence-electron chi connectivity index (χ1n) is 4.62. The molecule has 0 amide bonds. The third kappa shape index (κ3) is 2.07. The molecule has 0 aliphatic rings. The minimum atomic E-state index is -0.834. The van der Waals surface area contributed by atoms with Gasteiger partial charge in [0.1, 0.15) is 5.58 Å². The summed E-state index contributed by atoms with van der Waals surface area (Å²) in [5, 5.41) is 9.48. The van der Waals surface area contributed by atoms with Crippen molar-refractivity contribution in [1.29, 1.82) is 0 Å². The Balaban J connectivity index is 2.28. The second-order valence-corrected chi connectivity index (χ2v) is 3.19. The van der Waals surface area contributed by atoms with E-state index in [0.717, 1.165) is 16.5 Å². The van der Waals surface area contributed by atoms with Crippen LogP contribution in [0, 0.1) is 0 Å². The van der Waals surface area contributed by atoms with Crippen LogP contribution in [-0.4, -0.2) is 11.1 Å². The number of hydrogen-bond donors (Lipinski definition) is 1. The molecule has 1 aromatic carbocycles. The number of benzene rings is 1. The van der Waals surface area contributed by atoms with Gasteiger partial charge >= 0.3 is 5.97 Å². The summed E-state index contributed by atoms with van der Waals surface area (Å²) >= 11 is 0. The summed E-state index contributed by atoms with van der Waals surface area (Å²) in [7, 11) is 0. The van der Waals surface area contributed by atoms with Crippen molar-refractivity contribution < 1.29 is 14.3 Å². The van der Waals surface area contributed by atoms with E-state index in [1.807, 2.05) is 24.3 Å². The van der Waals surface area contributed by atoms with E-state index in [9.17, 15) is 4.79 Å². The second kappa shape index (κ2) is 4.00. The largest absolute Gasteiger partial charge is 0.481 e. The molecule has 2 aromatic rings. The van der Waals surface area contributed by atoms with E-state index in [0.29, 0.717) is 0 Å². The molecule has 3 nitrogen and oxygen atoms in total. The monoisotopic (exact) mass is 202 g/mol. The van der Waals surface area contributed by atoms with Gasteiger partial charge < -0.3 is 9.52 Å². The Bertz CT molecular complexity index is 508. The number of fused-ring (bicyclic) bond motifs is 1. The van der Waals surface area contributed by atoms with Crippen LogP contribution >= 0.6 is 0 Å². The lowest BCUT2D eigenvalue weighted by Gasteiger charge is -1.88. The van der Waals surface area contributed by atoms with Gasteiger partial charge in [-0.25, -0.2) is 0 Å². The Morgan fingerprint density at radius 1 is 1.40 bits per heavy atom. The number of furan rings is 1. The average Bonchev–Trinajstić information content (AvgIpc) is 2.62. The van der Waals surface area contributed by atoms with Gasteiger partial charge in [-0.3, -0.25) is 4.79 Å². The maximum Gasteiger partial charge on any atom is 0.307 e. The summed E-state index contributed by atoms with van der Waals surface area (Å²) in [6, 6.07) is 7.64. The average molecular weight is 202 g/mol. The predicted octanol–water partition coefficient (Wildman–Crippen LogP) is 2.92. The third-order valence-corrected chi connectivity index (χ3v) is 2.10. The molecule has 1 N–H and O–H groups in total. The molecule has 0 spiro atoms. The smallest absolute Gasteiger partial charge is 0.307 e. The van der Waals surface area contributed by atoms with Crippen molar-refractivity contribution in [3.63, 3.8) is 0 Å². The molecule has 0 saturated carbocycles. The second-order valence-electron chi connectivity index (χ2n) is 3.19. The van der Waals surface area contributed by atoms with Crippen molar-refractivity contribution in [1.82, 2.24) is 0 Å². The highest BCUT2D eigenvalue weighted by atomic mass is 16.4. The zero-order valence-corrected chi connectivity index (χ0v) is 8.01. The first kappa shape index (κ1) is 9.52. The predicted molar refractivity (Wildman–Crippen MR) is 57.5 cm³/mol. The van der Waals surface area contributed by atoms with Crippen LogP contribution in [0.15, 0.2) is 41.0 Å². The fraction of sp³-hybridized carbons (Fsp3) is 0.0833. The van der Waals surface area contributed by atoms with Crippen LogP contribution in [0.5, 0.6) is 0 Å². The van der Waals surface area contributed by atoms with Crippen LogP contribution in [0.3, 0.4) is 0 Å². The Morgan fingerprint density at radius 2 is 2.20 bits per heavy atom. The molecular formula is C12H10O3. The topological polar surface area (TPSA) is 50.4 Å². The fourth-order valence-corrected chi connectivity index (χ4v) is 1.41. The van der Waals surface area contributed by atoms with Gasteiger partial charge in [-0.1, -0.05) is 30.4 Å². The Kier molecular flexibility index (Phi) is 2.54. The molecular weight excluding hydrogens is 192 g/mol. The lowest BCUT2D eigenvalue weighted by Crippen LogP contribution is -1.89. The van der Waals surface area contributed by atoms with E-state index in [4.69, 9.17) is 9.52 Å². The maximum atomic E-state index is 10.3. The summed E-state index contributed by atoms with van der Waals surface area (Å²) < 4.78 is 5.31. The molecule has 15 heavy (non-hydrogen) atoms. The molecule has 0 radical (unpaired) electrons. The number of aliphatic carboxylic acids is 1. The summed E-state index contributed by atoms with van der Waals surface area (Å²) in [5.74, 6) is -0.834. The quantitative estimate of drug-likeness (QED) is 0.832. The maximum absolute atomic E-state index is 10.3. The van der Waals surface area contributed by atoms with Crippen molar-refractivity contribution in [3.8, 4) is 0 Å². The van der Waals surface area contributed by atoms with Gasteiger partial charge in [0.25, 0.3) is 0 Å². The molecule has 0 aliphatic heterocycles. The highest BCUT2D eigenvalue weighted by molar-refractivity contribution is 5.87. The van der Waals surface area contributed by atoms with E-state index in [1.54, 1.807) is 18.4 Å². The van der Waals surface area contributed by atoms with Gasteiger partial charge in [0.15, 0.2) is 0 Å². The minimum Gasteiger partial charge on any atom is -0.481 e. The van der Waals surface area contributed by atoms with E-state index in [-0.39, 0.29) is 6.42 Å². The van der Waals surface area contributed by atoms with Crippen LogP contribution in [0.4, 0.5) is 0 Å². The van der Waals surface area contributed by atoms with Gasteiger partial charge in [0.2, 0.25) is 0 Å². The zero-order valence-electron chi connectivity index (χ0n) is 8.01. The number of hydrogen-bond acceptors (Lipinski definition) is 2. The van der Waals surface area contributed by atoms with Crippen molar-refractivity contribution in [2.45, 2.75) is 6.42 Å². The van der Waals surface area contributed by atoms with Gasteiger partial charge in [0, 0.05) is 10.9 Å². The summed E-state index contributed by atoms with van der Waals surface area (Å²) in [5.41, 5.74) is 1.72. The fourth-order valence-electron chi connectivity index (χ4n) is 1.41. The van der Waals surface area contributed by atoms with Crippen molar-refractivity contribution in [2.75, 3.05) is 0 Å². The number of para-hydroxylation sites is 1. The highest BCUT2D eigenvalue weighted by Gasteiger charge is 2.01. The van der Waals surface area contributed by atoms with Crippen LogP contribution in [0.25, 0.3) is 17.0 Å². The Labute approximate surface area is 86.6 Å². The standard InChI is InChI=1S/C12H10O3/c13-12(14)7-3-4-9-8-15-11-6-2-1-5-10(9)11/h1-6,8H,7H2,(H,13,14). The Morgan fingerprint density at radius 3 is 3.00 bits per heavy atom. The Hall–Kier alpha value is -2.03.